The van der Waals surface area contributed by atoms with Crippen LogP contribution in [0.2, 0.25) is 0 Å². The number of benzene rings is 2. The van der Waals surface area contributed by atoms with Crippen molar-refractivity contribution in [2.45, 2.75) is 0 Å². The molecule has 1 atom stereocenters. The lowest BCUT2D eigenvalue weighted by Gasteiger charge is -2.16. The first-order chi connectivity index (χ1) is 9.54. The van der Waals surface area contributed by atoms with Gasteiger partial charge in [-0.25, -0.2) is 9.27 Å². The minimum absolute atomic E-state index is 0.332. The van der Waals surface area contributed by atoms with Crippen molar-refractivity contribution >= 4 is 34.0 Å². The second-order valence-electron chi connectivity index (χ2n) is 4.15. The Morgan fingerprint density at radius 3 is 2.50 bits per heavy atom. The standard InChI is InChI=1S/C14H13NO4S/c1-15(19-20(2)18)14(17)12-8-4-6-10-5-3-7-11(9-16)13(10)12/h3-9H,1-2H3. The number of aldehydes is 1. The summed E-state index contributed by atoms with van der Waals surface area (Å²) in [6, 6.07) is 10.4. The van der Waals surface area contributed by atoms with E-state index in [1.807, 2.05) is 12.1 Å². The predicted octanol–water partition coefficient (Wildman–Crippen LogP) is 1.95. The Labute approximate surface area is 118 Å². The molecule has 0 aliphatic heterocycles. The van der Waals surface area contributed by atoms with Crippen LogP contribution < -0.4 is 0 Å². The summed E-state index contributed by atoms with van der Waals surface area (Å²) in [4.78, 5) is 23.5. The molecule has 20 heavy (non-hydrogen) atoms. The molecule has 0 bridgehead atoms. The number of carbonyl (C=O) groups excluding carboxylic acids is 2. The summed E-state index contributed by atoms with van der Waals surface area (Å²) in [6.07, 6.45) is 2.03. The van der Waals surface area contributed by atoms with Crippen LogP contribution in [0.4, 0.5) is 0 Å². The fraction of sp³-hybridized carbons (Fsp3) is 0.143. The summed E-state index contributed by atoms with van der Waals surface area (Å²) in [5.74, 6) is -0.458. The summed E-state index contributed by atoms with van der Waals surface area (Å²) in [5, 5.41) is 2.26. The molecule has 0 saturated heterocycles. The normalized spacial score (nSPS) is 12.1. The monoisotopic (exact) mass is 291 g/mol. The maximum Gasteiger partial charge on any atom is 0.278 e. The lowest BCUT2D eigenvalue weighted by Crippen LogP contribution is -2.27. The van der Waals surface area contributed by atoms with Crippen molar-refractivity contribution in [2.24, 2.45) is 0 Å². The van der Waals surface area contributed by atoms with E-state index in [9.17, 15) is 13.8 Å². The summed E-state index contributed by atoms with van der Waals surface area (Å²) in [5.41, 5.74) is 0.760. The van der Waals surface area contributed by atoms with Crippen LogP contribution in [0.15, 0.2) is 36.4 Å². The SMILES string of the molecule is CN(OS(C)=O)C(=O)c1cccc2cccc(C=O)c12. The third-order valence-corrected chi connectivity index (χ3v) is 3.23. The van der Waals surface area contributed by atoms with Gasteiger partial charge in [0, 0.05) is 24.3 Å². The molecule has 104 valence electrons. The van der Waals surface area contributed by atoms with Crippen LogP contribution in [0.1, 0.15) is 20.7 Å². The highest BCUT2D eigenvalue weighted by atomic mass is 32.2. The van der Waals surface area contributed by atoms with Gasteiger partial charge >= 0.3 is 0 Å². The van der Waals surface area contributed by atoms with Crippen LogP contribution in [0.3, 0.4) is 0 Å². The Hall–Kier alpha value is -2.05. The highest BCUT2D eigenvalue weighted by Crippen LogP contribution is 2.23. The molecule has 6 heteroatoms. The molecule has 0 fully saturated rings. The molecule has 0 heterocycles. The van der Waals surface area contributed by atoms with E-state index in [1.54, 1.807) is 24.3 Å². The molecule has 0 spiro atoms. The minimum Gasteiger partial charge on any atom is -0.298 e. The van der Waals surface area contributed by atoms with Crippen LogP contribution in [-0.4, -0.2) is 34.8 Å². The molecular weight excluding hydrogens is 278 g/mol. The maximum atomic E-state index is 12.3. The van der Waals surface area contributed by atoms with Gasteiger partial charge in [-0.2, -0.15) is 4.28 Å². The Bertz CT molecular complexity index is 693. The van der Waals surface area contributed by atoms with E-state index in [0.717, 1.165) is 10.4 Å². The van der Waals surface area contributed by atoms with Crippen molar-refractivity contribution in [3.05, 3.63) is 47.5 Å². The first-order valence-corrected chi connectivity index (χ1v) is 7.29. The highest BCUT2D eigenvalue weighted by molar-refractivity contribution is 7.79. The van der Waals surface area contributed by atoms with Crippen LogP contribution >= 0.6 is 0 Å². The summed E-state index contributed by atoms with van der Waals surface area (Å²) in [7, 11) is 1.38. The largest absolute Gasteiger partial charge is 0.298 e. The molecule has 5 nitrogen and oxygen atoms in total. The van der Waals surface area contributed by atoms with Crippen molar-refractivity contribution in [3.8, 4) is 0 Å². The lowest BCUT2D eigenvalue weighted by molar-refractivity contribution is -0.00293. The molecular formula is C14H13NO4S. The van der Waals surface area contributed by atoms with E-state index < -0.39 is 17.0 Å². The quantitative estimate of drug-likeness (QED) is 0.638. The Kier molecular flexibility index (Phi) is 4.26. The molecule has 2 aromatic rings. The number of rotatable bonds is 4. The fourth-order valence-electron chi connectivity index (χ4n) is 2.01. The second-order valence-corrected chi connectivity index (χ2v) is 5.10. The first-order valence-electron chi connectivity index (χ1n) is 5.81. The Morgan fingerprint density at radius 2 is 1.90 bits per heavy atom. The van der Waals surface area contributed by atoms with Gasteiger partial charge in [0.05, 0.1) is 5.56 Å². The van der Waals surface area contributed by atoms with Crippen LogP contribution in [0.25, 0.3) is 10.8 Å². The van der Waals surface area contributed by atoms with Gasteiger partial charge in [0.25, 0.3) is 5.91 Å². The molecule has 0 aliphatic carbocycles. The predicted molar refractivity (Wildman–Crippen MR) is 76.6 cm³/mol. The number of nitrogens with zero attached hydrogens (tertiary/aromatic N) is 1. The Balaban J connectivity index is 2.57. The van der Waals surface area contributed by atoms with Crippen molar-refractivity contribution in [1.82, 2.24) is 5.06 Å². The van der Waals surface area contributed by atoms with E-state index in [1.165, 1.54) is 13.3 Å². The van der Waals surface area contributed by atoms with E-state index in [2.05, 4.69) is 0 Å². The van der Waals surface area contributed by atoms with Crippen molar-refractivity contribution in [1.29, 1.82) is 0 Å². The molecule has 0 aliphatic rings. The summed E-state index contributed by atoms with van der Waals surface area (Å²) in [6.45, 7) is 0. The topological polar surface area (TPSA) is 63.7 Å². The van der Waals surface area contributed by atoms with E-state index >= 15 is 0 Å². The van der Waals surface area contributed by atoms with Gasteiger partial charge in [-0.05, 0) is 11.5 Å². The molecule has 0 saturated carbocycles. The van der Waals surface area contributed by atoms with Crippen molar-refractivity contribution in [2.75, 3.05) is 13.3 Å². The van der Waals surface area contributed by atoms with E-state index in [0.29, 0.717) is 22.8 Å². The molecule has 0 radical (unpaired) electrons. The fourth-order valence-corrected chi connectivity index (χ4v) is 2.39. The van der Waals surface area contributed by atoms with Crippen LogP contribution in [0, 0.1) is 0 Å². The van der Waals surface area contributed by atoms with Gasteiger partial charge in [-0.3, -0.25) is 9.59 Å². The molecule has 1 amide bonds. The zero-order valence-corrected chi connectivity index (χ0v) is 11.8. The number of hydrogen-bond donors (Lipinski definition) is 0. The summed E-state index contributed by atoms with van der Waals surface area (Å²) >= 11 is -1.60. The van der Waals surface area contributed by atoms with E-state index in [-0.39, 0.29) is 0 Å². The number of fused-ring (bicyclic) bond motifs is 1. The number of hydroxylamine groups is 2. The Morgan fingerprint density at radius 1 is 1.25 bits per heavy atom. The first kappa shape index (κ1) is 14.4. The maximum absolute atomic E-state index is 12.3. The minimum atomic E-state index is -1.60. The van der Waals surface area contributed by atoms with Crippen LogP contribution in [-0.2, 0) is 15.4 Å². The van der Waals surface area contributed by atoms with E-state index in [4.69, 9.17) is 4.28 Å². The average Bonchev–Trinajstić information content (AvgIpc) is 2.44. The van der Waals surface area contributed by atoms with Gasteiger partial charge in [0.15, 0.2) is 17.4 Å². The van der Waals surface area contributed by atoms with Gasteiger partial charge in [-0.15, -0.1) is 0 Å². The zero-order valence-electron chi connectivity index (χ0n) is 11.0. The number of carbonyl (C=O) groups is 2. The van der Waals surface area contributed by atoms with Gasteiger partial charge in [0.2, 0.25) is 0 Å². The second kappa shape index (κ2) is 5.94. The summed E-state index contributed by atoms with van der Waals surface area (Å²) < 4.78 is 15.9. The lowest BCUT2D eigenvalue weighted by atomic mass is 9.99. The molecule has 2 aromatic carbocycles. The third kappa shape index (κ3) is 2.76. The highest BCUT2D eigenvalue weighted by Gasteiger charge is 2.18. The smallest absolute Gasteiger partial charge is 0.278 e. The molecule has 0 N–H and O–H groups in total. The van der Waals surface area contributed by atoms with Crippen molar-refractivity contribution < 1.29 is 18.1 Å². The molecule has 1 unspecified atom stereocenters. The zero-order chi connectivity index (χ0) is 14.7. The number of hydrogen-bond acceptors (Lipinski definition) is 4. The number of amides is 1. The van der Waals surface area contributed by atoms with Crippen molar-refractivity contribution in [3.63, 3.8) is 0 Å². The average molecular weight is 291 g/mol. The van der Waals surface area contributed by atoms with Gasteiger partial charge in [0.1, 0.15) is 0 Å². The molecule has 2 rings (SSSR count). The van der Waals surface area contributed by atoms with Gasteiger partial charge < -0.3 is 0 Å². The van der Waals surface area contributed by atoms with Crippen LogP contribution in [0.5, 0.6) is 0 Å². The third-order valence-electron chi connectivity index (χ3n) is 2.80. The van der Waals surface area contributed by atoms with Gasteiger partial charge in [-0.1, -0.05) is 30.3 Å². The molecule has 0 aromatic heterocycles.